The maximum atomic E-state index is 12.3. The van der Waals surface area contributed by atoms with Crippen LogP contribution in [0.25, 0.3) is 0 Å². The monoisotopic (exact) mass is 287 g/mol. The van der Waals surface area contributed by atoms with Gasteiger partial charge in [-0.15, -0.1) is 0 Å². The average molecular weight is 288 g/mol. The molecular weight excluding hydrogens is 274 g/mol. The van der Waals surface area contributed by atoms with E-state index in [0.29, 0.717) is 11.4 Å². The molecule has 2 unspecified atom stereocenters. The second-order valence-electron chi connectivity index (χ2n) is 4.47. The summed E-state index contributed by atoms with van der Waals surface area (Å²) in [6.45, 7) is 0. The van der Waals surface area contributed by atoms with E-state index in [1.165, 1.54) is 12.1 Å². The Morgan fingerprint density at radius 1 is 1.22 bits per heavy atom. The largest absolute Gasteiger partial charge is 0.321 e. The summed E-state index contributed by atoms with van der Waals surface area (Å²) in [5.74, 6) is -0.0578. The average Bonchev–Trinajstić information content (AvgIpc) is 2.33. The van der Waals surface area contributed by atoms with Gasteiger partial charge in [-0.1, -0.05) is 11.6 Å². The van der Waals surface area contributed by atoms with E-state index in [4.69, 9.17) is 17.3 Å². The molecule has 0 radical (unpaired) electrons. The van der Waals surface area contributed by atoms with Gasteiger partial charge < -0.3 is 5.73 Å². The van der Waals surface area contributed by atoms with Crippen molar-refractivity contribution in [2.45, 2.75) is 35.4 Å². The number of rotatable bonds is 2. The molecular formula is C12H14ClNO3S. The zero-order valence-corrected chi connectivity index (χ0v) is 11.2. The predicted molar refractivity (Wildman–Crippen MR) is 69.3 cm³/mol. The molecule has 0 heterocycles. The standard InChI is InChI=1S/C12H14ClNO3S/c13-8-1-3-9(4-2-8)18(16,17)10-5-6-12(15)11(14)7-10/h1-4,10-11H,5-7,14H2. The second kappa shape index (κ2) is 4.99. The minimum atomic E-state index is -3.43. The Hall–Kier alpha value is -0.910. The number of carbonyl (C=O) groups excluding carboxylic acids is 1. The molecule has 18 heavy (non-hydrogen) atoms. The molecule has 2 N–H and O–H groups in total. The molecule has 6 heteroatoms. The van der Waals surface area contributed by atoms with Crippen LogP contribution in [0.2, 0.25) is 5.02 Å². The molecule has 4 nitrogen and oxygen atoms in total. The smallest absolute Gasteiger partial charge is 0.181 e. The van der Waals surface area contributed by atoms with Crippen molar-refractivity contribution in [3.8, 4) is 0 Å². The highest BCUT2D eigenvalue weighted by molar-refractivity contribution is 7.92. The maximum Gasteiger partial charge on any atom is 0.181 e. The molecule has 0 aliphatic heterocycles. The highest BCUT2D eigenvalue weighted by Gasteiger charge is 2.35. The highest BCUT2D eigenvalue weighted by Crippen LogP contribution is 2.27. The van der Waals surface area contributed by atoms with Crippen molar-refractivity contribution in [1.82, 2.24) is 0 Å². The Balaban J connectivity index is 2.26. The van der Waals surface area contributed by atoms with Crippen molar-refractivity contribution >= 4 is 27.2 Å². The van der Waals surface area contributed by atoms with Gasteiger partial charge in [-0.3, -0.25) is 4.79 Å². The Labute approximate surface area is 111 Å². The Morgan fingerprint density at radius 2 is 1.83 bits per heavy atom. The summed E-state index contributed by atoms with van der Waals surface area (Å²) in [7, 11) is -3.43. The van der Waals surface area contributed by atoms with Gasteiger partial charge in [0.25, 0.3) is 0 Å². The third-order valence-electron chi connectivity index (χ3n) is 3.22. The second-order valence-corrected chi connectivity index (χ2v) is 7.13. The van der Waals surface area contributed by atoms with Gasteiger partial charge in [-0.25, -0.2) is 8.42 Å². The van der Waals surface area contributed by atoms with E-state index in [9.17, 15) is 13.2 Å². The van der Waals surface area contributed by atoms with Gasteiger partial charge in [-0.2, -0.15) is 0 Å². The van der Waals surface area contributed by atoms with Crippen LogP contribution in [-0.2, 0) is 14.6 Å². The molecule has 98 valence electrons. The van der Waals surface area contributed by atoms with Gasteiger partial charge in [0.1, 0.15) is 5.78 Å². The molecule has 1 aliphatic rings. The van der Waals surface area contributed by atoms with Gasteiger partial charge in [0, 0.05) is 11.4 Å². The third kappa shape index (κ3) is 2.58. The fourth-order valence-electron chi connectivity index (χ4n) is 2.12. The fourth-order valence-corrected chi connectivity index (χ4v) is 4.03. The summed E-state index contributed by atoms with van der Waals surface area (Å²) >= 11 is 5.73. The Kier molecular flexibility index (Phi) is 3.75. The third-order valence-corrected chi connectivity index (χ3v) is 5.71. The molecule has 2 atom stereocenters. The predicted octanol–water partition coefficient (Wildman–Crippen LogP) is 1.56. The van der Waals surface area contributed by atoms with E-state index < -0.39 is 21.1 Å². The minimum absolute atomic E-state index is 0.0578. The summed E-state index contributed by atoms with van der Waals surface area (Å²) < 4.78 is 24.7. The summed E-state index contributed by atoms with van der Waals surface area (Å²) in [6, 6.07) is 5.40. The van der Waals surface area contributed by atoms with E-state index in [1.807, 2.05) is 0 Å². The van der Waals surface area contributed by atoms with E-state index in [-0.39, 0.29) is 23.5 Å². The zero-order valence-electron chi connectivity index (χ0n) is 9.67. The number of carbonyl (C=O) groups is 1. The number of hydrogen-bond donors (Lipinski definition) is 1. The first-order valence-electron chi connectivity index (χ1n) is 5.69. The van der Waals surface area contributed by atoms with Crippen LogP contribution < -0.4 is 5.73 Å². The van der Waals surface area contributed by atoms with Crippen LogP contribution in [0.4, 0.5) is 0 Å². The first kappa shape index (κ1) is 13.5. The molecule has 0 aromatic heterocycles. The van der Waals surface area contributed by atoms with Crippen LogP contribution in [0.1, 0.15) is 19.3 Å². The number of halogens is 1. The lowest BCUT2D eigenvalue weighted by molar-refractivity contribution is -0.121. The lowest BCUT2D eigenvalue weighted by Crippen LogP contribution is -2.41. The lowest BCUT2D eigenvalue weighted by Gasteiger charge is -2.25. The highest BCUT2D eigenvalue weighted by atomic mass is 35.5. The molecule has 0 amide bonds. The molecule has 1 aromatic carbocycles. The van der Waals surface area contributed by atoms with Gasteiger partial charge >= 0.3 is 0 Å². The SMILES string of the molecule is NC1CC(S(=O)(=O)c2ccc(Cl)cc2)CCC1=O. The molecule has 0 bridgehead atoms. The van der Waals surface area contributed by atoms with E-state index in [1.54, 1.807) is 12.1 Å². The number of sulfone groups is 1. The van der Waals surface area contributed by atoms with Crippen molar-refractivity contribution in [1.29, 1.82) is 0 Å². The number of hydrogen-bond acceptors (Lipinski definition) is 4. The summed E-state index contributed by atoms with van der Waals surface area (Å²) in [5, 5.41) is -0.0872. The van der Waals surface area contributed by atoms with Gasteiger partial charge in [0.2, 0.25) is 0 Å². The Morgan fingerprint density at radius 3 is 2.39 bits per heavy atom. The van der Waals surface area contributed by atoms with Crippen LogP contribution in [-0.4, -0.2) is 25.5 Å². The quantitative estimate of drug-likeness (QED) is 0.895. The van der Waals surface area contributed by atoms with Crippen molar-refractivity contribution in [2.24, 2.45) is 5.73 Å². The first-order valence-corrected chi connectivity index (χ1v) is 7.61. The number of nitrogens with two attached hydrogens (primary N) is 1. The van der Waals surface area contributed by atoms with Crippen LogP contribution in [0.15, 0.2) is 29.2 Å². The molecule has 1 fully saturated rings. The van der Waals surface area contributed by atoms with Crippen LogP contribution in [0.5, 0.6) is 0 Å². The summed E-state index contributed by atoms with van der Waals surface area (Å²) in [4.78, 5) is 11.5. The number of ketones is 1. The number of Topliss-reactive ketones (excluding diaryl/α,β-unsaturated/α-hetero) is 1. The van der Waals surface area contributed by atoms with Crippen molar-refractivity contribution in [2.75, 3.05) is 0 Å². The first-order chi connectivity index (χ1) is 8.41. The van der Waals surface area contributed by atoms with Crippen LogP contribution >= 0.6 is 11.6 Å². The van der Waals surface area contributed by atoms with Crippen LogP contribution in [0.3, 0.4) is 0 Å². The maximum absolute atomic E-state index is 12.3. The van der Waals surface area contributed by atoms with Gasteiger partial charge in [-0.05, 0) is 37.1 Å². The number of benzene rings is 1. The van der Waals surface area contributed by atoms with E-state index >= 15 is 0 Å². The fraction of sp³-hybridized carbons (Fsp3) is 0.417. The van der Waals surface area contributed by atoms with E-state index in [2.05, 4.69) is 0 Å². The topological polar surface area (TPSA) is 77.2 Å². The van der Waals surface area contributed by atoms with Crippen LogP contribution in [0, 0.1) is 0 Å². The lowest BCUT2D eigenvalue weighted by atomic mass is 9.94. The molecule has 1 aliphatic carbocycles. The summed E-state index contributed by atoms with van der Waals surface area (Å²) in [6.07, 6.45) is 0.778. The molecule has 0 spiro atoms. The van der Waals surface area contributed by atoms with E-state index in [0.717, 1.165) is 0 Å². The summed E-state index contributed by atoms with van der Waals surface area (Å²) in [5.41, 5.74) is 5.63. The van der Waals surface area contributed by atoms with Crippen molar-refractivity contribution in [3.63, 3.8) is 0 Å². The zero-order chi connectivity index (χ0) is 13.3. The Bertz CT molecular complexity index is 553. The van der Waals surface area contributed by atoms with Gasteiger partial charge in [0.05, 0.1) is 16.2 Å². The molecule has 0 saturated heterocycles. The minimum Gasteiger partial charge on any atom is -0.321 e. The molecule has 1 aromatic rings. The van der Waals surface area contributed by atoms with Crippen molar-refractivity contribution in [3.05, 3.63) is 29.3 Å². The normalized spacial score (nSPS) is 25.1. The molecule has 1 saturated carbocycles. The van der Waals surface area contributed by atoms with Crippen molar-refractivity contribution < 1.29 is 13.2 Å². The van der Waals surface area contributed by atoms with Gasteiger partial charge in [0.15, 0.2) is 9.84 Å². The molecule has 2 rings (SSSR count).